The lowest BCUT2D eigenvalue weighted by Crippen LogP contribution is -2.56. The number of likely N-dealkylation sites (tertiary alicyclic amines) is 1. The number of amides is 1. The van der Waals surface area contributed by atoms with E-state index in [1.54, 1.807) is 12.1 Å². The van der Waals surface area contributed by atoms with Crippen LogP contribution in [-0.4, -0.2) is 75.0 Å². The number of carbonyl (C=O) groups is 1. The highest BCUT2D eigenvalue weighted by molar-refractivity contribution is 7.89. The molecule has 32 heavy (non-hydrogen) atoms. The van der Waals surface area contributed by atoms with Crippen LogP contribution in [0.15, 0.2) is 23.1 Å². The largest absolute Gasteiger partial charge is 0.379 e. The van der Waals surface area contributed by atoms with Crippen LogP contribution < -0.4 is 5.32 Å². The molecule has 0 spiro atoms. The predicted molar refractivity (Wildman–Crippen MR) is 126 cm³/mol. The van der Waals surface area contributed by atoms with Gasteiger partial charge in [0.15, 0.2) is 0 Å². The fraction of sp³-hybridized carbons (Fsp3) is 0.708. The summed E-state index contributed by atoms with van der Waals surface area (Å²) >= 11 is 0. The molecule has 2 saturated heterocycles. The molecule has 8 heteroatoms. The minimum absolute atomic E-state index is 0.176. The highest BCUT2D eigenvalue weighted by Gasteiger charge is 2.33. The topological polar surface area (TPSA) is 79.0 Å². The van der Waals surface area contributed by atoms with Gasteiger partial charge < -0.3 is 10.1 Å². The second kappa shape index (κ2) is 10.2. The zero-order valence-corrected chi connectivity index (χ0v) is 21.0. The summed E-state index contributed by atoms with van der Waals surface area (Å²) < 4.78 is 33.3. The van der Waals surface area contributed by atoms with E-state index in [2.05, 4.69) is 37.9 Å². The maximum absolute atomic E-state index is 13.3. The van der Waals surface area contributed by atoms with Crippen LogP contribution in [0, 0.1) is 11.8 Å². The van der Waals surface area contributed by atoms with Crippen LogP contribution in [0.3, 0.4) is 0 Å². The second-order valence-corrected chi connectivity index (χ2v) is 11.9. The summed E-state index contributed by atoms with van der Waals surface area (Å²) in [6.45, 7) is 14.8. The highest BCUT2D eigenvalue weighted by atomic mass is 32.2. The van der Waals surface area contributed by atoms with Crippen molar-refractivity contribution < 1.29 is 17.9 Å². The number of rotatable bonds is 7. The summed E-state index contributed by atoms with van der Waals surface area (Å²) in [6, 6.07) is 5.03. The number of ether oxygens (including phenoxy) is 1. The van der Waals surface area contributed by atoms with Gasteiger partial charge in [-0.15, -0.1) is 0 Å². The summed E-state index contributed by atoms with van der Waals surface area (Å²) in [5.74, 6) is 1.05. The summed E-state index contributed by atoms with van der Waals surface area (Å²) in [4.78, 5) is 15.7. The minimum atomic E-state index is -3.67. The molecule has 180 valence electrons. The molecule has 7 nitrogen and oxygen atoms in total. The average molecular weight is 466 g/mol. The van der Waals surface area contributed by atoms with E-state index in [-0.39, 0.29) is 16.3 Å². The van der Waals surface area contributed by atoms with E-state index >= 15 is 0 Å². The Hall–Kier alpha value is -1.48. The van der Waals surface area contributed by atoms with E-state index in [9.17, 15) is 13.2 Å². The van der Waals surface area contributed by atoms with Crippen LogP contribution in [-0.2, 0) is 21.2 Å². The van der Waals surface area contributed by atoms with Gasteiger partial charge >= 0.3 is 0 Å². The number of nitrogens with one attached hydrogen (secondary N) is 1. The van der Waals surface area contributed by atoms with Gasteiger partial charge in [-0.05, 0) is 56.2 Å². The predicted octanol–water partition coefficient (Wildman–Crippen LogP) is 2.76. The van der Waals surface area contributed by atoms with Gasteiger partial charge in [-0.3, -0.25) is 9.69 Å². The van der Waals surface area contributed by atoms with E-state index < -0.39 is 10.0 Å². The molecule has 1 N–H and O–H groups in total. The van der Waals surface area contributed by atoms with Gasteiger partial charge in [0.2, 0.25) is 10.0 Å². The van der Waals surface area contributed by atoms with Crippen LogP contribution in [0.4, 0.5) is 0 Å². The van der Waals surface area contributed by atoms with Crippen LogP contribution in [0.1, 0.15) is 57.0 Å². The maximum atomic E-state index is 13.3. The number of hydrogen-bond acceptors (Lipinski definition) is 5. The van der Waals surface area contributed by atoms with Gasteiger partial charge in [0, 0.05) is 43.8 Å². The Kier molecular flexibility index (Phi) is 8.02. The number of morpholine rings is 1. The first-order chi connectivity index (χ1) is 15.0. The van der Waals surface area contributed by atoms with Crippen molar-refractivity contribution in [2.45, 2.75) is 57.9 Å². The molecule has 0 aliphatic carbocycles. The lowest BCUT2D eigenvalue weighted by Gasteiger charge is -2.45. The third-order valence-corrected chi connectivity index (χ3v) is 8.69. The van der Waals surface area contributed by atoms with Crippen LogP contribution in [0.2, 0.25) is 0 Å². The number of nitrogens with zero attached hydrogens (tertiary/aromatic N) is 2. The zero-order chi connectivity index (χ0) is 23.5. The molecule has 0 unspecified atom stereocenters. The molecule has 0 radical (unpaired) electrons. The number of benzene rings is 1. The third-order valence-electron chi connectivity index (χ3n) is 6.70. The molecule has 0 bridgehead atoms. The van der Waals surface area contributed by atoms with Crippen LogP contribution >= 0.6 is 0 Å². The molecule has 1 aromatic carbocycles. The molecule has 2 fully saturated rings. The van der Waals surface area contributed by atoms with E-state index in [4.69, 9.17) is 4.74 Å². The van der Waals surface area contributed by atoms with Gasteiger partial charge in [-0.25, -0.2) is 8.42 Å². The first-order valence-corrected chi connectivity index (χ1v) is 13.2. The van der Waals surface area contributed by atoms with Crippen molar-refractivity contribution >= 4 is 15.9 Å². The van der Waals surface area contributed by atoms with Crippen molar-refractivity contribution in [1.29, 1.82) is 0 Å². The highest BCUT2D eigenvalue weighted by Crippen LogP contribution is 2.27. The quantitative estimate of drug-likeness (QED) is 0.670. The van der Waals surface area contributed by atoms with Gasteiger partial charge in [-0.1, -0.05) is 26.8 Å². The zero-order valence-electron chi connectivity index (χ0n) is 20.2. The molecule has 2 heterocycles. The van der Waals surface area contributed by atoms with E-state index in [0.717, 1.165) is 18.7 Å². The molecule has 0 aromatic heterocycles. The van der Waals surface area contributed by atoms with Crippen molar-refractivity contribution in [2.24, 2.45) is 11.8 Å². The average Bonchev–Trinajstić information content (AvgIpc) is 2.77. The minimum Gasteiger partial charge on any atom is -0.379 e. The maximum Gasteiger partial charge on any atom is 0.251 e. The van der Waals surface area contributed by atoms with Crippen molar-refractivity contribution in [1.82, 2.24) is 14.5 Å². The Bertz CT molecular complexity index is 900. The molecule has 0 saturated carbocycles. The van der Waals surface area contributed by atoms with Gasteiger partial charge in [0.25, 0.3) is 5.91 Å². The fourth-order valence-electron chi connectivity index (χ4n) is 4.82. The second-order valence-electron chi connectivity index (χ2n) is 10.0. The Morgan fingerprint density at radius 3 is 2.38 bits per heavy atom. The van der Waals surface area contributed by atoms with Crippen molar-refractivity contribution in [2.75, 3.05) is 45.9 Å². The Balaban J connectivity index is 1.75. The van der Waals surface area contributed by atoms with Crippen molar-refractivity contribution in [3.05, 3.63) is 29.3 Å². The molecule has 1 aromatic rings. The van der Waals surface area contributed by atoms with Crippen LogP contribution in [0.25, 0.3) is 0 Å². The van der Waals surface area contributed by atoms with Gasteiger partial charge in [-0.2, -0.15) is 4.31 Å². The number of aryl methyl sites for hydroxylation is 1. The Labute approximate surface area is 193 Å². The smallest absolute Gasteiger partial charge is 0.251 e. The summed E-state index contributed by atoms with van der Waals surface area (Å²) in [5, 5.41) is 3.05. The molecule has 2 aliphatic rings. The summed E-state index contributed by atoms with van der Waals surface area (Å²) in [5.41, 5.74) is 0.930. The van der Waals surface area contributed by atoms with Crippen molar-refractivity contribution in [3.63, 3.8) is 0 Å². The standard InChI is InChI=1S/C24H39N3O4S/c1-6-20-7-8-21(14-22(20)32(29,30)27-9-11-31-12-10-27)23(28)25-17-24(4,5)26-15-18(2)13-19(3)16-26/h7-8,14,18-19H,6,9-13,15-17H2,1-5H3,(H,25,28)/t18-,19-/m1/s1. The number of piperidine rings is 1. The molecular formula is C24H39N3O4S. The lowest BCUT2D eigenvalue weighted by atomic mass is 9.88. The molecule has 3 rings (SSSR count). The van der Waals surface area contributed by atoms with Crippen molar-refractivity contribution in [3.8, 4) is 0 Å². The number of hydrogen-bond donors (Lipinski definition) is 1. The first kappa shape index (κ1) is 25.1. The Morgan fingerprint density at radius 2 is 1.78 bits per heavy atom. The number of carbonyl (C=O) groups excluding carboxylic acids is 1. The third kappa shape index (κ3) is 5.71. The molecule has 1 amide bonds. The SMILES string of the molecule is CCc1ccc(C(=O)NCC(C)(C)N2C[C@H](C)C[C@@H](C)C2)cc1S(=O)(=O)N1CCOCC1. The molecule has 2 aliphatic heterocycles. The molecule has 2 atom stereocenters. The van der Waals surface area contributed by atoms with E-state index in [1.165, 1.54) is 16.8 Å². The Morgan fingerprint density at radius 1 is 1.16 bits per heavy atom. The summed E-state index contributed by atoms with van der Waals surface area (Å²) in [6.07, 6.45) is 1.82. The summed E-state index contributed by atoms with van der Waals surface area (Å²) in [7, 11) is -3.67. The monoisotopic (exact) mass is 465 g/mol. The number of sulfonamides is 1. The first-order valence-electron chi connectivity index (χ1n) is 11.8. The van der Waals surface area contributed by atoms with E-state index in [0.29, 0.717) is 56.7 Å². The van der Waals surface area contributed by atoms with Crippen LogP contribution in [0.5, 0.6) is 0 Å². The normalized spacial score (nSPS) is 23.8. The van der Waals surface area contributed by atoms with Gasteiger partial charge in [0.1, 0.15) is 0 Å². The van der Waals surface area contributed by atoms with Gasteiger partial charge in [0.05, 0.1) is 18.1 Å². The van der Waals surface area contributed by atoms with E-state index in [1.807, 2.05) is 6.92 Å². The molecular weight excluding hydrogens is 426 g/mol. The lowest BCUT2D eigenvalue weighted by molar-refractivity contribution is 0.0445. The fourth-order valence-corrected chi connectivity index (χ4v) is 6.55.